The molecule has 0 radical (unpaired) electrons. The van der Waals surface area contributed by atoms with E-state index in [1.54, 1.807) is 4.68 Å². The minimum Gasteiger partial charge on any atom is -0.481 e. The van der Waals surface area contributed by atoms with Crippen molar-refractivity contribution in [3.05, 3.63) is 53.7 Å². The van der Waals surface area contributed by atoms with Crippen molar-refractivity contribution >= 4 is 0 Å². The summed E-state index contributed by atoms with van der Waals surface area (Å²) < 4.78 is 12.9. The van der Waals surface area contributed by atoms with Gasteiger partial charge in [-0.15, -0.1) is 0 Å². The average Bonchev–Trinajstić information content (AvgIpc) is 3.17. The Balaban J connectivity index is 1.65. The van der Waals surface area contributed by atoms with Crippen LogP contribution in [0.25, 0.3) is 0 Å². The van der Waals surface area contributed by atoms with Gasteiger partial charge in [-0.05, 0) is 30.0 Å². The van der Waals surface area contributed by atoms with E-state index in [-0.39, 0.29) is 11.5 Å². The summed E-state index contributed by atoms with van der Waals surface area (Å²) in [6, 6.07) is 8.09. The number of hydrogen-bond acceptors (Lipinski definition) is 6. The molecule has 3 aromatic rings. The van der Waals surface area contributed by atoms with E-state index in [1.165, 1.54) is 11.9 Å². The highest BCUT2D eigenvalue weighted by Gasteiger charge is 2.18. The van der Waals surface area contributed by atoms with E-state index in [0.29, 0.717) is 18.1 Å². The fourth-order valence-electron chi connectivity index (χ4n) is 2.41. The van der Waals surface area contributed by atoms with Crippen LogP contribution in [0.1, 0.15) is 56.9 Å². The van der Waals surface area contributed by atoms with Crippen LogP contribution in [0.5, 0.6) is 5.75 Å². The molecule has 0 fully saturated rings. The van der Waals surface area contributed by atoms with Crippen LogP contribution in [0.2, 0.25) is 0 Å². The Labute approximate surface area is 147 Å². The molecule has 0 aliphatic carbocycles. The lowest BCUT2D eigenvalue weighted by atomic mass is 9.87. The Hall–Kier alpha value is -2.70. The van der Waals surface area contributed by atoms with Gasteiger partial charge in [0.05, 0.1) is 6.42 Å². The van der Waals surface area contributed by atoms with Gasteiger partial charge in [0.2, 0.25) is 0 Å². The number of rotatable bonds is 5. The van der Waals surface area contributed by atoms with Gasteiger partial charge in [0, 0.05) is 7.05 Å². The lowest BCUT2D eigenvalue weighted by Crippen LogP contribution is -2.11. The first kappa shape index (κ1) is 17.1. The molecule has 0 amide bonds. The van der Waals surface area contributed by atoms with Gasteiger partial charge >= 0.3 is 0 Å². The van der Waals surface area contributed by atoms with E-state index >= 15 is 0 Å². The Morgan fingerprint density at radius 1 is 1.20 bits per heavy atom. The number of benzene rings is 1. The van der Waals surface area contributed by atoms with E-state index in [4.69, 9.17) is 9.26 Å². The van der Waals surface area contributed by atoms with Gasteiger partial charge in [0.1, 0.15) is 17.9 Å². The predicted octanol–water partition coefficient (Wildman–Crippen LogP) is 3.23. The number of aryl methyl sites for hydroxylation is 1. The maximum Gasteiger partial charge on any atom is 0.267 e. The molecule has 1 atom stereocenters. The summed E-state index contributed by atoms with van der Waals surface area (Å²) in [6.45, 7) is 8.44. The molecular formula is C18H23N5O2. The van der Waals surface area contributed by atoms with Crippen LogP contribution in [0.4, 0.5) is 0 Å². The van der Waals surface area contributed by atoms with Gasteiger partial charge in [-0.25, -0.2) is 4.98 Å². The highest BCUT2D eigenvalue weighted by molar-refractivity contribution is 5.31. The molecule has 7 nitrogen and oxygen atoms in total. The summed E-state index contributed by atoms with van der Waals surface area (Å²) in [4.78, 5) is 8.56. The standard InChI is InChI=1S/C18H23N5O2/c1-12(24-14-8-6-13(7-9-14)18(2,3)4)17-21-15(22-25-17)10-16-19-11-20-23(16)5/h6-9,11-12H,10H2,1-5H3. The van der Waals surface area contributed by atoms with E-state index in [9.17, 15) is 0 Å². The summed E-state index contributed by atoms with van der Waals surface area (Å²) in [5, 5.41) is 8.02. The van der Waals surface area contributed by atoms with E-state index in [0.717, 1.165) is 11.6 Å². The van der Waals surface area contributed by atoms with E-state index in [2.05, 4.69) is 53.1 Å². The number of hydrogen-bond donors (Lipinski definition) is 0. The molecule has 0 bridgehead atoms. The van der Waals surface area contributed by atoms with Crippen molar-refractivity contribution in [2.75, 3.05) is 0 Å². The molecular weight excluding hydrogens is 318 g/mol. The van der Waals surface area contributed by atoms with Gasteiger partial charge in [0.25, 0.3) is 5.89 Å². The molecule has 2 heterocycles. The van der Waals surface area contributed by atoms with Crippen molar-refractivity contribution in [3.63, 3.8) is 0 Å². The van der Waals surface area contributed by atoms with Gasteiger partial charge in [0.15, 0.2) is 11.9 Å². The van der Waals surface area contributed by atoms with Crippen LogP contribution in [0.3, 0.4) is 0 Å². The highest BCUT2D eigenvalue weighted by Crippen LogP contribution is 2.26. The zero-order valence-corrected chi connectivity index (χ0v) is 15.2. The Bertz CT molecular complexity index is 830. The predicted molar refractivity (Wildman–Crippen MR) is 92.3 cm³/mol. The van der Waals surface area contributed by atoms with Gasteiger partial charge in [-0.2, -0.15) is 10.1 Å². The fraction of sp³-hybridized carbons (Fsp3) is 0.444. The second kappa shape index (κ2) is 6.66. The molecule has 0 spiro atoms. The summed E-state index contributed by atoms with van der Waals surface area (Å²) in [7, 11) is 1.83. The SMILES string of the molecule is CC(Oc1ccc(C(C)(C)C)cc1)c1nc(Cc2ncnn2C)no1. The van der Waals surface area contributed by atoms with Crippen molar-refractivity contribution < 1.29 is 9.26 Å². The minimum absolute atomic E-state index is 0.116. The average molecular weight is 341 g/mol. The molecule has 2 aromatic heterocycles. The fourth-order valence-corrected chi connectivity index (χ4v) is 2.41. The first-order valence-corrected chi connectivity index (χ1v) is 8.25. The maximum atomic E-state index is 5.91. The van der Waals surface area contributed by atoms with E-state index < -0.39 is 0 Å². The Kier molecular flexibility index (Phi) is 4.57. The second-order valence-electron chi connectivity index (χ2n) is 7.06. The van der Waals surface area contributed by atoms with E-state index in [1.807, 2.05) is 26.1 Å². The summed E-state index contributed by atoms with van der Waals surface area (Å²) in [6.07, 6.45) is 1.64. The maximum absolute atomic E-state index is 5.91. The molecule has 0 aliphatic rings. The molecule has 3 rings (SSSR count). The zero-order valence-electron chi connectivity index (χ0n) is 15.2. The van der Waals surface area contributed by atoms with Crippen molar-refractivity contribution in [2.24, 2.45) is 7.05 Å². The van der Waals surface area contributed by atoms with Crippen LogP contribution in [0, 0.1) is 0 Å². The van der Waals surface area contributed by atoms with Crippen molar-refractivity contribution in [2.45, 2.75) is 45.6 Å². The molecule has 1 unspecified atom stereocenters. The van der Waals surface area contributed by atoms with Crippen LogP contribution >= 0.6 is 0 Å². The van der Waals surface area contributed by atoms with Crippen LogP contribution in [0.15, 0.2) is 35.1 Å². The molecule has 7 heteroatoms. The van der Waals surface area contributed by atoms with Crippen molar-refractivity contribution in [1.82, 2.24) is 24.9 Å². The van der Waals surface area contributed by atoms with Gasteiger partial charge in [-0.3, -0.25) is 4.68 Å². The Morgan fingerprint density at radius 2 is 1.92 bits per heavy atom. The molecule has 0 aliphatic heterocycles. The lowest BCUT2D eigenvalue weighted by Gasteiger charge is -2.19. The smallest absolute Gasteiger partial charge is 0.267 e. The molecule has 0 saturated heterocycles. The monoisotopic (exact) mass is 341 g/mol. The second-order valence-corrected chi connectivity index (χ2v) is 7.06. The lowest BCUT2D eigenvalue weighted by molar-refractivity contribution is 0.175. The zero-order chi connectivity index (χ0) is 18.0. The van der Waals surface area contributed by atoms with Gasteiger partial charge in [-0.1, -0.05) is 38.1 Å². The number of nitrogens with zero attached hydrogens (tertiary/aromatic N) is 5. The molecule has 25 heavy (non-hydrogen) atoms. The van der Waals surface area contributed by atoms with Crippen LogP contribution < -0.4 is 4.74 Å². The highest BCUT2D eigenvalue weighted by atomic mass is 16.5. The first-order valence-electron chi connectivity index (χ1n) is 8.25. The first-order chi connectivity index (χ1) is 11.8. The van der Waals surface area contributed by atoms with Crippen molar-refractivity contribution in [1.29, 1.82) is 0 Å². The summed E-state index contributed by atoms with van der Waals surface area (Å²) >= 11 is 0. The number of ether oxygens (including phenoxy) is 1. The summed E-state index contributed by atoms with van der Waals surface area (Å²) in [5.41, 5.74) is 1.38. The third-order valence-electron chi connectivity index (χ3n) is 3.99. The largest absolute Gasteiger partial charge is 0.481 e. The quantitative estimate of drug-likeness (QED) is 0.709. The summed E-state index contributed by atoms with van der Waals surface area (Å²) in [5.74, 6) is 2.55. The van der Waals surface area contributed by atoms with Crippen LogP contribution in [-0.4, -0.2) is 24.9 Å². The molecule has 1 aromatic carbocycles. The normalized spacial score (nSPS) is 13.0. The third kappa shape index (κ3) is 4.04. The molecule has 0 N–H and O–H groups in total. The Morgan fingerprint density at radius 3 is 2.52 bits per heavy atom. The number of aromatic nitrogens is 5. The molecule has 132 valence electrons. The molecule has 0 saturated carbocycles. The minimum atomic E-state index is -0.332. The third-order valence-corrected chi connectivity index (χ3v) is 3.99. The topological polar surface area (TPSA) is 78.9 Å². The van der Waals surface area contributed by atoms with Crippen LogP contribution in [-0.2, 0) is 18.9 Å². The van der Waals surface area contributed by atoms with Gasteiger partial charge < -0.3 is 9.26 Å². The van der Waals surface area contributed by atoms with Crippen molar-refractivity contribution in [3.8, 4) is 5.75 Å².